The van der Waals surface area contributed by atoms with E-state index >= 15 is 0 Å². The van der Waals surface area contributed by atoms with Crippen LogP contribution < -0.4 is 10.0 Å². The summed E-state index contributed by atoms with van der Waals surface area (Å²) in [4.78, 5) is 4.11. The third-order valence-electron chi connectivity index (χ3n) is 2.78. The molecule has 0 radical (unpaired) electrons. The van der Waals surface area contributed by atoms with Crippen molar-refractivity contribution in [3.8, 4) is 0 Å². The summed E-state index contributed by atoms with van der Waals surface area (Å²) in [7, 11) is -3.64. The summed E-state index contributed by atoms with van der Waals surface area (Å²) in [5, 5.41) is 3.63. The topological polar surface area (TPSA) is 71.1 Å². The van der Waals surface area contributed by atoms with Gasteiger partial charge in [-0.3, -0.25) is 4.72 Å². The van der Waals surface area contributed by atoms with Gasteiger partial charge in [0, 0.05) is 12.7 Å². The molecule has 0 fully saturated rings. The zero-order chi connectivity index (χ0) is 15.3. The van der Waals surface area contributed by atoms with Gasteiger partial charge in [0.2, 0.25) is 0 Å². The lowest BCUT2D eigenvalue weighted by Gasteiger charge is -2.08. The summed E-state index contributed by atoms with van der Waals surface area (Å²) in [5.74, 6) is 0.233. The van der Waals surface area contributed by atoms with Crippen LogP contribution in [0.3, 0.4) is 0 Å². The standard InChI is InChI=1S/C14H16ClN3O2S/c1-2-16-9-11-3-6-13(7-4-11)21(19,20)18-14-8-5-12(15)10-17-14/h3-8,10,16H,2,9H2,1H3,(H,17,18). The minimum atomic E-state index is -3.64. The Morgan fingerprint density at radius 2 is 1.86 bits per heavy atom. The van der Waals surface area contributed by atoms with Crippen molar-refractivity contribution in [3.05, 3.63) is 53.2 Å². The second-order valence-electron chi connectivity index (χ2n) is 4.39. The van der Waals surface area contributed by atoms with Crippen LogP contribution >= 0.6 is 11.6 Å². The largest absolute Gasteiger partial charge is 0.313 e. The Kier molecular flexibility index (Phi) is 5.17. The number of halogens is 1. The van der Waals surface area contributed by atoms with Gasteiger partial charge in [0.1, 0.15) is 5.82 Å². The molecular weight excluding hydrogens is 310 g/mol. The first-order chi connectivity index (χ1) is 10.0. The van der Waals surface area contributed by atoms with E-state index in [2.05, 4.69) is 15.0 Å². The zero-order valence-electron chi connectivity index (χ0n) is 11.5. The number of nitrogens with zero attached hydrogens (tertiary/aromatic N) is 1. The van der Waals surface area contributed by atoms with E-state index in [0.29, 0.717) is 11.6 Å². The van der Waals surface area contributed by atoms with E-state index in [1.54, 1.807) is 30.3 Å². The minimum Gasteiger partial charge on any atom is -0.313 e. The number of hydrogen-bond acceptors (Lipinski definition) is 4. The SMILES string of the molecule is CCNCc1ccc(S(=O)(=O)Nc2ccc(Cl)cn2)cc1. The Morgan fingerprint density at radius 1 is 1.14 bits per heavy atom. The highest BCUT2D eigenvalue weighted by molar-refractivity contribution is 7.92. The van der Waals surface area contributed by atoms with Gasteiger partial charge in [0.05, 0.1) is 9.92 Å². The Morgan fingerprint density at radius 3 is 2.43 bits per heavy atom. The van der Waals surface area contributed by atoms with Crippen LogP contribution in [-0.2, 0) is 16.6 Å². The Hall–Kier alpha value is -1.63. The van der Waals surface area contributed by atoms with Crippen molar-refractivity contribution >= 4 is 27.4 Å². The molecule has 112 valence electrons. The molecule has 1 aromatic carbocycles. The van der Waals surface area contributed by atoms with Gasteiger partial charge in [-0.1, -0.05) is 30.7 Å². The molecule has 0 spiro atoms. The van der Waals surface area contributed by atoms with E-state index in [1.165, 1.54) is 12.3 Å². The van der Waals surface area contributed by atoms with E-state index in [-0.39, 0.29) is 10.7 Å². The highest BCUT2D eigenvalue weighted by atomic mass is 35.5. The molecule has 0 atom stereocenters. The van der Waals surface area contributed by atoms with Gasteiger partial charge in [0.25, 0.3) is 10.0 Å². The number of nitrogens with one attached hydrogen (secondary N) is 2. The zero-order valence-corrected chi connectivity index (χ0v) is 13.1. The highest BCUT2D eigenvalue weighted by Crippen LogP contribution is 2.16. The average molecular weight is 326 g/mol. The van der Waals surface area contributed by atoms with E-state index in [9.17, 15) is 8.42 Å². The summed E-state index contributed by atoms with van der Waals surface area (Å²) < 4.78 is 26.8. The molecular formula is C14H16ClN3O2S. The second kappa shape index (κ2) is 6.89. The van der Waals surface area contributed by atoms with Gasteiger partial charge in [-0.2, -0.15) is 0 Å². The molecule has 0 aliphatic heterocycles. The normalized spacial score (nSPS) is 11.3. The molecule has 2 N–H and O–H groups in total. The Balaban J connectivity index is 2.13. The summed E-state index contributed by atoms with van der Waals surface area (Å²) >= 11 is 5.71. The van der Waals surface area contributed by atoms with Crippen LogP contribution in [0.2, 0.25) is 5.02 Å². The number of pyridine rings is 1. The maximum Gasteiger partial charge on any atom is 0.263 e. The van der Waals surface area contributed by atoms with Crippen LogP contribution in [0.5, 0.6) is 0 Å². The molecule has 7 heteroatoms. The van der Waals surface area contributed by atoms with Gasteiger partial charge in [0.15, 0.2) is 0 Å². The van der Waals surface area contributed by atoms with Gasteiger partial charge in [-0.05, 0) is 36.4 Å². The molecule has 0 amide bonds. The quantitative estimate of drug-likeness (QED) is 0.856. The highest BCUT2D eigenvalue weighted by Gasteiger charge is 2.14. The smallest absolute Gasteiger partial charge is 0.263 e. The lowest BCUT2D eigenvalue weighted by molar-refractivity contribution is 0.601. The number of hydrogen-bond donors (Lipinski definition) is 2. The summed E-state index contributed by atoms with van der Waals surface area (Å²) in [6, 6.07) is 9.81. The molecule has 0 saturated heterocycles. The molecule has 0 aliphatic carbocycles. The van der Waals surface area contributed by atoms with Crippen LogP contribution in [0, 0.1) is 0 Å². The predicted molar refractivity (Wildman–Crippen MR) is 83.9 cm³/mol. The van der Waals surface area contributed by atoms with Gasteiger partial charge in [-0.25, -0.2) is 13.4 Å². The van der Waals surface area contributed by atoms with Gasteiger partial charge < -0.3 is 5.32 Å². The van der Waals surface area contributed by atoms with Crippen LogP contribution in [0.4, 0.5) is 5.82 Å². The maximum absolute atomic E-state index is 12.2. The summed E-state index contributed by atoms with van der Waals surface area (Å²) in [6.45, 7) is 3.59. The number of rotatable bonds is 6. The van der Waals surface area contributed by atoms with Crippen LogP contribution in [0.15, 0.2) is 47.5 Å². The Labute approximate surface area is 129 Å². The average Bonchev–Trinajstić information content (AvgIpc) is 2.48. The number of benzene rings is 1. The maximum atomic E-state index is 12.2. The molecule has 21 heavy (non-hydrogen) atoms. The fourth-order valence-corrected chi connectivity index (χ4v) is 2.81. The number of anilines is 1. The first-order valence-electron chi connectivity index (χ1n) is 6.45. The summed E-state index contributed by atoms with van der Waals surface area (Å²) in [6.07, 6.45) is 1.39. The van der Waals surface area contributed by atoms with Crippen LogP contribution in [0.25, 0.3) is 0 Å². The molecule has 2 rings (SSSR count). The van der Waals surface area contributed by atoms with Crippen molar-refractivity contribution in [2.75, 3.05) is 11.3 Å². The summed E-state index contributed by atoms with van der Waals surface area (Å²) in [5.41, 5.74) is 1.03. The minimum absolute atomic E-state index is 0.194. The molecule has 0 bridgehead atoms. The van der Waals surface area contributed by atoms with Crippen molar-refractivity contribution < 1.29 is 8.42 Å². The second-order valence-corrected chi connectivity index (χ2v) is 6.51. The van der Waals surface area contributed by atoms with Crippen LogP contribution in [0.1, 0.15) is 12.5 Å². The first-order valence-corrected chi connectivity index (χ1v) is 8.31. The molecule has 0 unspecified atom stereocenters. The van der Waals surface area contributed by atoms with Crippen molar-refractivity contribution in [2.24, 2.45) is 0 Å². The molecule has 5 nitrogen and oxygen atoms in total. The molecule has 0 saturated carbocycles. The van der Waals surface area contributed by atoms with E-state index in [4.69, 9.17) is 11.6 Å². The monoisotopic (exact) mass is 325 g/mol. The fraction of sp³-hybridized carbons (Fsp3) is 0.214. The molecule has 1 heterocycles. The van der Waals surface area contributed by atoms with E-state index in [0.717, 1.165) is 12.1 Å². The van der Waals surface area contributed by atoms with Crippen LogP contribution in [-0.4, -0.2) is 19.9 Å². The number of aromatic nitrogens is 1. The molecule has 2 aromatic rings. The third-order valence-corrected chi connectivity index (χ3v) is 4.37. The van der Waals surface area contributed by atoms with E-state index < -0.39 is 10.0 Å². The lowest BCUT2D eigenvalue weighted by Crippen LogP contribution is -2.14. The van der Waals surface area contributed by atoms with E-state index in [1.807, 2.05) is 6.92 Å². The third kappa shape index (κ3) is 4.42. The van der Waals surface area contributed by atoms with Crippen molar-refractivity contribution in [1.82, 2.24) is 10.3 Å². The molecule has 0 aliphatic rings. The lowest BCUT2D eigenvalue weighted by atomic mass is 10.2. The number of sulfonamides is 1. The first kappa shape index (κ1) is 15.8. The Bertz CT molecular complexity index is 685. The van der Waals surface area contributed by atoms with Crippen molar-refractivity contribution in [1.29, 1.82) is 0 Å². The predicted octanol–water partition coefficient (Wildman–Crippen LogP) is 2.65. The molecule has 1 aromatic heterocycles. The van der Waals surface area contributed by atoms with Crippen molar-refractivity contribution in [2.45, 2.75) is 18.4 Å². The van der Waals surface area contributed by atoms with Gasteiger partial charge in [-0.15, -0.1) is 0 Å². The van der Waals surface area contributed by atoms with Crippen molar-refractivity contribution in [3.63, 3.8) is 0 Å². The fourth-order valence-electron chi connectivity index (χ4n) is 1.69. The van der Waals surface area contributed by atoms with Gasteiger partial charge >= 0.3 is 0 Å².